The molecule has 0 saturated carbocycles. The SMILES string of the molecule is COc1ccc(C[C@H]2NC(=O)[C@H]3CN(C(=O)c4ccco4)CCN3C2=O)cc1. The molecule has 2 saturated heterocycles. The summed E-state index contributed by atoms with van der Waals surface area (Å²) in [6, 6.07) is 9.36. The first-order valence-electron chi connectivity index (χ1n) is 9.13. The van der Waals surface area contributed by atoms with Gasteiger partial charge in [0.15, 0.2) is 5.76 Å². The first-order chi connectivity index (χ1) is 13.6. The summed E-state index contributed by atoms with van der Waals surface area (Å²) in [7, 11) is 1.59. The number of carbonyl (C=O) groups excluding carboxylic acids is 3. The van der Waals surface area contributed by atoms with Crippen LogP contribution in [0.1, 0.15) is 16.1 Å². The Bertz CT molecular complexity index is 878. The molecular weight excluding hydrogens is 362 g/mol. The molecule has 8 nitrogen and oxygen atoms in total. The van der Waals surface area contributed by atoms with E-state index in [2.05, 4.69) is 5.32 Å². The zero-order valence-corrected chi connectivity index (χ0v) is 15.5. The summed E-state index contributed by atoms with van der Waals surface area (Å²) in [6.45, 7) is 0.846. The van der Waals surface area contributed by atoms with E-state index >= 15 is 0 Å². The Morgan fingerprint density at radius 2 is 2.00 bits per heavy atom. The van der Waals surface area contributed by atoms with E-state index in [0.717, 1.165) is 11.3 Å². The lowest BCUT2D eigenvalue weighted by molar-refractivity contribution is -0.152. The van der Waals surface area contributed by atoms with Crippen LogP contribution in [0.3, 0.4) is 0 Å². The van der Waals surface area contributed by atoms with Gasteiger partial charge < -0.3 is 24.3 Å². The molecule has 0 spiro atoms. The second kappa shape index (κ2) is 7.38. The first-order valence-corrected chi connectivity index (χ1v) is 9.13. The highest BCUT2D eigenvalue weighted by molar-refractivity contribution is 5.98. The Morgan fingerprint density at radius 3 is 2.68 bits per heavy atom. The van der Waals surface area contributed by atoms with Gasteiger partial charge in [0.1, 0.15) is 17.8 Å². The van der Waals surface area contributed by atoms with E-state index in [1.807, 2.05) is 24.3 Å². The van der Waals surface area contributed by atoms with Crippen molar-refractivity contribution in [1.29, 1.82) is 0 Å². The zero-order chi connectivity index (χ0) is 19.7. The zero-order valence-electron chi connectivity index (χ0n) is 15.5. The number of fused-ring (bicyclic) bond motifs is 1. The van der Waals surface area contributed by atoms with Crippen LogP contribution in [0.5, 0.6) is 5.75 Å². The van der Waals surface area contributed by atoms with E-state index in [1.54, 1.807) is 29.0 Å². The van der Waals surface area contributed by atoms with Gasteiger partial charge in [-0.1, -0.05) is 12.1 Å². The Balaban J connectivity index is 1.44. The highest BCUT2D eigenvalue weighted by Gasteiger charge is 2.44. The molecule has 0 aliphatic carbocycles. The second-order valence-electron chi connectivity index (χ2n) is 6.89. The molecule has 3 amide bonds. The van der Waals surface area contributed by atoms with Gasteiger partial charge in [-0.05, 0) is 29.8 Å². The number of carbonyl (C=O) groups is 3. The molecule has 2 fully saturated rings. The van der Waals surface area contributed by atoms with Crippen molar-refractivity contribution in [2.75, 3.05) is 26.7 Å². The van der Waals surface area contributed by atoms with Crippen LogP contribution >= 0.6 is 0 Å². The third-order valence-corrected chi connectivity index (χ3v) is 5.20. The number of hydrogen-bond acceptors (Lipinski definition) is 5. The average molecular weight is 383 g/mol. The Morgan fingerprint density at radius 1 is 1.21 bits per heavy atom. The molecule has 2 aliphatic rings. The number of piperazine rings is 2. The van der Waals surface area contributed by atoms with E-state index in [9.17, 15) is 14.4 Å². The Labute approximate surface area is 162 Å². The third kappa shape index (κ3) is 3.33. The number of methoxy groups -OCH3 is 1. The van der Waals surface area contributed by atoms with Crippen LogP contribution in [0.15, 0.2) is 47.1 Å². The predicted octanol–water partition coefficient (Wildman–Crippen LogP) is 0.682. The fourth-order valence-corrected chi connectivity index (χ4v) is 3.68. The van der Waals surface area contributed by atoms with Gasteiger partial charge in [0.25, 0.3) is 5.91 Å². The van der Waals surface area contributed by atoms with Crippen LogP contribution in [0.4, 0.5) is 0 Å². The molecule has 1 aromatic heterocycles. The molecule has 8 heteroatoms. The topological polar surface area (TPSA) is 92.1 Å². The molecule has 0 radical (unpaired) electrons. The smallest absolute Gasteiger partial charge is 0.289 e. The number of rotatable bonds is 4. The van der Waals surface area contributed by atoms with Crippen molar-refractivity contribution in [1.82, 2.24) is 15.1 Å². The molecule has 2 aliphatic heterocycles. The molecule has 1 aromatic carbocycles. The first kappa shape index (κ1) is 18.1. The van der Waals surface area contributed by atoms with Gasteiger partial charge in [-0.25, -0.2) is 0 Å². The van der Waals surface area contributed by atoms with E-state index < -0.39 is 12.1 Å². The number of nitrogens with zero attached hydrogens (tertiary/aromatic N) is 2. The average Bonchev–Trinajstić information content (AvgIpc) is 3.26. The van der Waals surface area contributed by atoms with Crippen LogP contribution in [0.2, 0.25) is 0 Å². The number of amides is 3. The monoisotopic (exact) mass is 383 g/mol. The summed E-state index contributed by atoms with van der Waals surface area (Å²) in [5, 5.41) is 2.81. The van der Waals surface area contributed by atoms with Crippen molar-refractivity contribution >= 4 is 17.7 Å². The van der Waals surface area contributed by atoms with Crippen molar-refractivity contribution in [3.63, 3.8) is 0 Å². The number of benzene rings is 1. The van der Waals surface area contributed by atoms with Crippen molar-refractivity contribution in [3.8, 4) is 5.75 Å². The molecule has 3 heterocycles. The quantitative estimate of drug-likeness (QED) is 0.838. The standard InChI is InChI=1S/C20H21N3O5/c1-27-14-6-4-13(5-7-14)11-15-19(25)23-9-8-22(12-16(23)18(24)21-15)20(26)17-3-2-10-28-17/h2-7,10,15-16H,8-9,11-12H2,1H3,(H,21,24)/t15-,16-/m1/s1. The molecule has 1 N–H and O–H groups in total. The van der Waals surface area contributed by atoms with Gasteiger partial charge in [0.05, 0.1) is 19.9 Å². The van der Waals surface area contributed by atoms with Gasteiger partial charge >= 0.3 is 0 Å². The summed E-state index contributed by atoms with van der Waals surface area (Å²) < 4.78 is 10.3. The molecular formula is C20H21N3O5. The minimum atomic E-state index is -0.674. The van der Waals surface area contributed by atoms with Gasteiger partial charge in [-0.3, -0.25) is 14.4 Å². The van der Waals surface area contributed by atoms with Crippen molar-refractivity contribution in [2.24, 2.45) is 0 Å². The van der Waals surface area contributed by atoms with E-state index in [-0.39, 0.29) is 30.0 Å². The summed E-state index contributed by atoms with van der Waals surface area (Å²) in [5.74, 6) is 0.333. The van der Waals surface area contributed by atoms with Crippen LogP contribution in [0, 0.1) is 0 Å². The minimum absolute atomic E-state index is 0.120. The third-order valence-electron chi connectivity index (χ3n) is 5.20. The normalized spacial score (nSPS) is 21.9. The molecule has 0 bridgehead atoms. The van der Waals surface area contributed by atoms with Gasteiger partial charge in [0.2, 0.25) is 11.8 Å². The highest BCUT2D eigenvalue weighted by Crippen LogP contribution is 2.21. The van der Waals surface area contributed by atoms with Gasteiger partial charge in [0, 0.05) is 19.5 Å². The van der Waals surface area contributed by atoms with Crippen LogP contribution in [0.25, 0.3) is 0 Å². The van der Waals surface area contributed by atoms with Crippen molar-refractivity contribution in [2.45, 2.75) is 18.5 Å². The van der Waals surface area contributed by atoms with Gasteiger partial charge in [-0.2, -0.15) is 0 Å². The minimum Gasteiger partial charge on any atom is -0.497 e. The molecule has 28 heavy (non-hydrogen) atoms. The Kier molecular flexibility index (Phi) is 4.77. The lowest BCUT2D eigenvalue weighted by atomic mass is 9.98. The summed E-state index contributed by atoms with van der Waals surface area (Å²) >= 11 is 0. The number of hydrogen-bond donors (Lipinski definition) is 1. The molecule has 146 valence electrons. The summed E-state index contributed by atoms with van der Waals surface area (Å²) in [6.07, 6.45) is 1.84. The molecule has 0 unspecified atom stereocenters. The lowest BCUT2D eigenvalue weighted by Crippen LogP contribution is -2.70. The van der Waals surface area contributed by atoms with Crippen molar-refractivity contribution in [3.05, 3.63) is 54.0 Å². The van der Waals surface area contributed by atoms with Crippen LogP contribution in [-0.4, -0.2) is 66.3 Å². The fourth-order valence-electron chi connectivity index (χ4n) is 3.68. The maximum Gasteiger partial charge on any atom is 0.289 e. The fraction of sp³-hybridized carbons (Fsp3) is 0.350. The number of furan rings is 1. The Hall–Kier alpha value is -3.29. The van der Waals surface area contributed by atoms with E-state index in [1.165, 1.54) is 6.26 Å². The number of nitrogens with one attached hydrogen (secondary N) is 1. The van der Waals surface area contributed by atoms with E-state index in [0.29, 0.717) is 19.5 Å². The summed E-state index contributed by atoms with van der Waals surface area (Å²) in [5.41, 5.74) is 0.935. The maximum absolute atomic E-state index is 12.9. The lowest BCUT2D eigenvalue weighted by Gasteiger charge is -2.45. The predicted molar refractivity (Wildman–Crippen MR) is 98.7 cm³/mol. The molecule has 2 aromatic rings. The van der Waals surface area contributed by atoms with Gasteiger partial charge in [-0.15, -0.1) is 0 Å². The second-order valence-corrected chi connectivity index (χ2v) is 6.89. The van der Waals surface area contributed by atoms with Crippen LogP contribution < -0.4 is 10.1 Å². The van der Waals surface area contributed by atoms with E-state index in [4.69, 9.17) is 9.15 Å². The largest absolute Gasteiger partial charge is 0.497 e. The highest BCUT2D eigenvalue weighted by atomic mass is 16.5. The van der Waals surface area contributed by atoms with Crippen molar-refractivity contribution < 1.29 is 23.5 Å². The number of ether oxygens (including phenoxy) is 1. The molecule has 4 rings (SSSR count). The summed E-state index contributed by atoms with van der Waals surface area (Å²) in [4.78, 5) is 41.1. The van der Waals surface area contributed by atoms with Crippen LogP contribution in [-0.2, 0) is 16.0 Å². The molecule has 2 atom stereocenters. The maximum atomic E-state index is 12.9.